The van der Waals surface area contributed by atoms with Crippen molar-refractivity contribution in [3.8, 4) is 0 Å². The lowest BCUT2D eigenvalue weighted by molar-refractivity contribution is 0.182. The Hall–Kier alpha value is -0.440. The van der Waals surface area contributed by atoms with Gasteiger partial charge < -0.3 is 4.74 Å². The van der Waals surface area contributed by atoms with Gasteiger partial charge in [-0.15, -0.1) is 0 Å². The molecule has 114 valence electrons. The Morgan fingerprint density at radius 2 is 2.19 bits per heavy atom. The largest absolute Gasteiger partial charge is 0.383 e. The van der Waals surface area contributed by atoms with Crippen LogP contribution >= 0.6 is 43.5 Å². The molecule has 0 fully saturated rings. The number of halogens is 3. The molecule has 8 heteroatoms. The molecule has 1 heterocycles. The van der Waals surface area contributed by atoms with Gasteiger partial charge in [-0.1, -0.05) is 23.7 Å². The monoisotopic (exact) mass is 436 g/mol. The summed E-state index contributed by atoms with van der Waals surface area (Å²) in [4.78, 5) is 0. The number of benzene rings is 1. The fraction of sp³-hybridized carbons (Fsp3) is 0.308. The second kappa shape index (κ2) is 7.71. The Bertz CT molecular complexity index is 620. The van der Waals surface area contributed by atoms with Crippen molar-refractivity contribution >= 4 is 43.5 Å². The number of ether oxygens (including phenoxy) is 1. The number of hydrogen-bond donors (Lipinski definition) is 2. The van der Waals surface area contributed by atoms with Gasteiger partial charge in [-0.05, 0) is 43.5 Å². The first kappa shape index (κ1) is 16.9. The van der Waals surface area contributed by atoms with Crippen LogP contribution in [0.25, 0.3) is 0 Å². The number of nitrogens with zero attached hydrogens (tertiary/aromatic N) is 2. The number of methoxy groups -OCH3 is 1. The highest BCUT2D eigenvalue weighted by Gasteiger charge is 2.23. The Kier molecular flexibility index (Phi) is 6.21. The molecule has 1 atom stereocenters. The van der Waals surface area contributed by atoms with E-state index >= 15 is 0 Å². The van der Waals surface area contributed by atoms with E-state index in [1.54, 1.807) is 13.3 Å². The van der Waals surface area contributed by atoms with E-state index in [4.69, 9.17) is 22.2 Å². The van der Waals surface area contributed by atoms with Crippen LogP contribution in [-0.4, -0.2) is 23.5 Å². The fourth-order valence-electron chi connectivity index (χ4n) is 2.07. The minimum absolute atomic E-state index is 0.288. The highest BCUT2D eigenvalue weighted by atomic mass is 79.9. The summed E-state index contributed by atoms with van der Waals surface area (Å²) < 4.78 is 8.63. The number of nitrogens with two attached hydrogens (primary N) is 1. The van der Waals surface area contributed by atoms with E-state index in [1.165, 1.54) is 0 Å². The average Bonchev–Trinajstić information content (AvgIpc) is 2.83. The molecule has 2 aromatic rings. The third-order valence-electron chi connectivity index (χ3n) is 3.07. The van der Waals surface area contributed by atoms with Crippen LogP contribution in [-0.2, 0) is 11.3 Å². The smallest absolute Gasteiger partial charge is 0.0904 e. The Balaban J connectivity index is 2.46. The maximum Gasteiger partial charge on any atom is 0.0904 e. The van der Waals surface area contributed by atoms with Crippen LogP contribution in [0.3, 0.4) is 0 Å². The summed E-state index contributed by atoms with van der Waals surface area (Å²) >= 11 is 13.3. The molecule has 1 aromatic carbocycles. The molecule has 2 rings (SSSR count). The summed E-state index contributed by atoms with van der Waals surface area (Å²) in [7, 11) is 1.65. The van der Waals surface area contributed by atoms with E-state index in [9.17, 15) is 0 Å². The van der Waals surface area contributed by atoms with Gasteiger partial charge in [0.05, 0.1) is 40.6 Å². The molecule has 0 spiro atoms. The summed E-state index contributed by atoms with van der Waals surface area (Å²) in [5, 5.41) is 4.96. The second-order valence-corrected chi connectivity index (χ2v) is 6.42. The van der Waals surface area contributed by atoms with Gasteiger partial charge >= 0.3 is 0 Å². The number of nitrogens with one attached hydrogen (secondary N) is 1. The molecule has 0 saturated heterocycles. The zero-order chi connectivity index (χ0) is 15.4. The summed E-state index contributed by atoms with van der Waals surface area (Å²) in [6.45, 7) is 1.19. The normalized spacial score (nSPS) is 12.6. The molecule has 1 unspecified atom stereocenters. The molecule has 0 aliphatic rings. The van der Waals surface area contributed by atoms with Gasteiger partial charge in [-0.3, -0.25) is 10.5 Å². The molecule has 1 aromatic heterocycles. The summed E-state index contributed by atoms with van der Waals surface area (Å²) in [5.41, 5.74) is 4.58. The highest BCUT2D eigenvalue weighted by molar-refractivity contribution is 9.10. The van der Waals surface area contributed by atoms with Gasteiger partial charge in [0.25, 0.3) is 0 Å². The molecule has 5 nitrogen and oxygen atoms in total. The third-order valence-corrected chi connectivity index (χ3v) is 4.99. The minimum Gasteiger partial charge on any atom is -0.383 e. The molecule has 0 aliphatic carbocycles. The van der Waals surface area contributed by atoms with E-state index < -0.39 is 0 Å². The van der Waals surface area contributed by atoms with Crippen molar-refractivity contribution in [3.63, 3.8) is 0 Å². The first-order valence-electron chi connectivity index (χ1n) is 6.20. The van der Waals surface area contributed by atoms with Gasteiger partial charge in [0, 0.05) is 11.6 Å². The van der Waals surface area contributed by atoms with Crippen LogP contribution in [0.1, 0.15) is 17.3 Å². The predicted molar refractivity (Wildman–Crippen MR) is 90.1 cm³/mol. The average molecular weight is 439 g/mol. The van der Waals surface area contributed by atoms with Crippen molar-refractivity contribution in [1.29, 1.82) is 0 Å². The fourth-order valence-corrected chi connectivity index (χ4v) is 3.22. The topological polar surface area (TPSA) is 65.1 Å². The van der Waals surface area contributed by atoms with Crippen LogP contribution < -0.4 is 11.3 Å². The Labute approximate surface area is 145 Å². The lowest BCUT2D eigenvalue weighted by Crippen LogP contribution is -2.31. The SMILES string of the molecule is COCCn1ncc(Br)c1C(NN)c1cccc(Br)c1Cl. The lowest BCUT2D eigenvalue weighted by Gasteiger charge is -2.20. The van der Waals surface area contributed by atoms with E-state index in [-0.39, 0.29) is 6.04 Å². The maximum absolute atomic E-state index is 6.38. The van der Waals surface area contributed by atoms with Crippen molar-refractivity contribution in [2.75, 3.05) is 13.7 Å². The van der Waals surface area contributed by atoms with Crippen molar-refractivity contribution < 1.29 is 4.74 Å². The minimum atomic E-state index is -0.288. The van der Waals surface area contributed by atoms with Crippen LogP contribution in [0.4, 0.5) is 0 Å². The quantitative estimate of drug-likeness (QED) is 0.537. The summed E-state index contributed by atoms with van der Waals surface area (Å²) in [6.07, 6.45) is 1.74. The van der Waals surface area contributed by atoms with Gasteiger partial charge in [0.1, 0.15) is 0 Å². The Morgan fingerprint density at radius 1 is 1.43 bits per heavy atom. The molecule has 0 aliphatic heterocycles. The summed E-state index contributed by atoms with van der Waals surface area (Å²) in [5.74, 6) is 5.76. The molecular weight excluding hydrogens is 423 g/mol. The standard InChI is InChI=1S/C13H15Br2ClN4O/c1-21-6-5-20-13(10(15)7-18-20)12(19-17)8-3-2-4-9(14)11(8)16/h2-4,7,12,19H,5-6,17H2,1H3. The number of hydrazine groups is 1. The number of aromatic nitrogens is 2. The molecule has 3 N–H and O–H groups in total. The van der Waals surface area contributed by atoms with Crippen LogP contribution in [0.5, 0.6) is 0 Å². The van der Waals surface area contributed by atoms with E-state index in [1.807, 2.05) is 22.9 Å². The molecule has 0 amide bonds. The van der Waals surface area contributed by atoms with Crippen LogP contribution in [0, 0.1) is 0 Å². The molecule has 0 saturated carbocycles. The van der Waals surface area contributed by atoms with Crippen molar-refractivity contribution in [1.82, 2.24) is 15.2 Å². The predicted octanol–water partition coefficient (Wildman–Crippen LogP) is 3.26. The highest BCUT2D eigenvalue weighted by Crippen LogP contribution is 2.35. The van der Waals surface area contributed by atoms with E-state index in [0.717, 1.165) is 20.2 Å². The first-order chi connectivity index (χ1) is 10.1. The van der Waals surface area contributed by atoms with Crippen LogP contribution in [0.15, 0.2) is 33.3 Å². The second-order valence-electron chi connectivity index (χ2n) is 4.34. The molecular formula is C13H15Br2ClN4O. The molecule has 0 radical (unpaired) electrons. The maximum atomic E-state index is 6.38. The zero-order valence-electron chi connectivity index (χ0n) is 11.3. The van der Waals surface area contributed by atoms with Crippen molar-refractivity contribution in [3.05, 3.63) is 49.6 Å². The number of hydrogen-bond acceptors (Lipinski definition) is 4. The van der Waals surface area contributed by atoms with E-state index in [0.29, 0.717) is 18.2 Å². The molecule has 0 bridgehead atoms. The zero-order valence-corrected chi connectivity index (χ0v) is 15.2. The van der Waals surface area contributed by atoms with Crippen LogP contribution in [0.2, 0.25) is 5.02 Å². The Morgan fingerprint density at radius 3 is 2.86 bits per heavy atom. The first-order valence-corrected chi connectivity index (χ1v) is 8.16. The van der Waals surface area contributed by atoms with Crippen molar-refractivity contribution in [2.45, 2.75) is 12.6 Å². The lowest BCUT2D eigenvalue weighted by atomic mass is 10.0. The van der Waals surface area contributed by atoms with Gasteiger partial charge in [0.15, 0.2) is 0 Å². The van der Waals surface area contributed by atoms with Gasteiger partial charge in [0.2, 0.25) is 0 Å². The van der Waals surface area contributed by atoms with Crippen molar-refractivity contribution in [2.24, 2.45) is 5.84 Å². The van der Waals surface area contributed by atoms with E-state index in [2.05, 4.69) is 42.4 Å². The molecule has 21 heavy (non-hydrogen) atoms. The van der Waals surface area contributed by atoms with Gasteiger partial charge in [-0.2, -0.15) is 5.10 Å². The third kappa shape index (κ3) is 3.67. The number of rotatable bonds is 6. The van der Waals surface area contributed by atoms with Gasteiger partial charge in [-0.25, -0.2) is 5.43 Å². The summed E-state index contributed by atoms with van der Waals surface area (Å²) in [6, 6.07) is 5.44.